The number of anilines is 1. The van der Waals surface area contributed by atoms with Crippen molar-refractivity contribution in [3.8, 4) is 16.3 Å². The van der Waals surface area contributed by atoms with Crippen molar-refractivity contribution in [1.82, 2.24) is 10.2 Å². The van der Waals surface area contributed by atoms with Crippen LogP contribution in [0.3, 0.4) is 0 Å². The second-order valence-electron chi connectivity index (χ2n) is 4.83. The van der Waals surface area contributed by atoms with Gasteiger partial charge >= 0.3 is 0 Å². The monoisotopic (exact) mass is 457 g/mol. The number of hydrogen-bond acceptors (Lipinski definition) is 5. The van der Waals surface area contributed by atoms with Crippen LogP contribution in [-0.2, 0) is 4.79 Å². The van der Waals surface area contributed by atoms with E-state index >= 15 is 0 Å². The minimum atomic E-state index is -0.333. The molecule has 1 heterocycles. The highest BCUT2D eigenvalue weighted by atomic mass is 79.9. The normalized spacial score (nSPS) is 10.5. The smallest absolute Gasteiger partial charge is 0.264 e. The minimum absolute atomic E-state index is 0.157. The Hall–Kier alpha value is -1.67. The van der Waals surface area contributed by atoms with Crippen LogP contribution in [0.4, 0.5) is 5.13 Å². The number of nitrogens with zero attached hydrogens (tertiary/aromatic N) is 2. The maximum absolute atomic E-state index is 12.0. The molecule has 0 aliphatic heterocycles. The molecule has 0 radical (unpaired) electrons. The fraction of sp³-hybridized carbons (Fsp3) is 0.0625. The summed E-state index contributed by atoms with van der Waals surface area (Å²) in [4.78, 5) is 12.0. The Kier molecular flexibility index (Phi) is 5.90. The SMILES string of the molecule is O=C(COc1ccc(Cl)cc1Br)Nc1nnc(-c2ccc(Cl)cc2)s1. The molecule has 0 bridgehead atoms. The van der Waals surface area contributed by atoms with Gasteiger partial charge in [-0.15, -0.1) is 10.2 Å². The summed E-state index contributed by atoms with van der Waals surface area (Å²) >= 11 is 16.3. The van der Waals surface area contributed by atoms with Crippen LogP contribution < -0.4 is 10.1 Å². The number of carbonyl (C=O) groups is 1. The van der Waals surface area contributed by atoms with E-state index < -0.39 is 0 Å². The molecule has 1 amide bonds. The Bertz CT molecular complexity index is 903. The lowest BCUT2D eigenvalue weighted by Gasteiger charge is -2.07. The van der Waals surface area contributed by atoms with Crippen molar-refractivity contribution >= 4 is 61.5 Å². The fourth-order valence-corrected chi connectivity index (χ4v) is 3.56. The Morgan fingerprint density at radius 2 is 1.84 bits per heavy atom. The Balaban J connectivity index is 1.59. The van der Waals surface area contributed by atoms with Gasteiger partial charge in [-0.05, 0) is 46.3 Å². The molecule has 0 fully saturated rings. The number of ether oxygens (including phenoxy) is 1. The van der Waals surface area contributed by atoms with Gasteiger partial charge in [0.25, 0.3) is 5.91 Å². The third-order valence-corrected chi connectivity index (χ3v) is 5.01. The summed E-state index contributed by atoms with van der Waals surface area (Å²) in [5, 5.41) is 13.0. The third kappa shape index (κ3) is 4.92. The molecule has 0 aliphatic rings. The van der Waals surface area contributed by atoms with Crippen LogP contribution in [0.5, 0.6) is 5.75 Å². The molecule has 1 N–H and O–H groups in total. The van der Waals surface area contributed by atoms with Gasteiger partial charge in [-0.3, -0.25) is 10.1 Å². The first-order valence-corrected chi connectivity index (χ1v) is 9.35. The zero-order valence-corrected chi connectivity index (χ0v) is 16.4. The van der Waals surface area contributed by atoms with Crippen LogP contribution in [0.15, 0.2) is 46.9 Å². The molecule has 1 aromatic heterocycles. The number of nitrogens with one attached hydrogen (secondary N) is 1. The highest BCUT2D eigenvalue weighted by molar-refractivity contribution is 9.10. The molecular formula is C16H10BrCl2N3O2S. The van der Waals surface area contributed by atoms with E-state index in [0.717, 1.165) is 5.56 Å². The Labute approximate surface area is 166 Å². The number of halogens is 3. The van der Waals surface area contributed by atoms with Crippen molar-refractivity contribution in [2.45, 2.75) is 0 Å². The molecule has 0 unspecified atom stereocenters. The molecule has 3 aromatic rings. The number of hydrogen-bond donors (Lipinski definition) is 1. The third-order valence-electron chi connectivity index (χ3n) is 3.02. The van der Waals surface area contributed by atoms with Gasteiger partial charge in [0, 0.05) is 15.6 Å². The van der Waals surface area contributed by atoms with E-state index in [4.69, 9.17) is 27.9 Å². The summed E-state index contributed by atoms with van der Waals surface area (Å²) in [5.74, 6) is 0.194. The molecule has 0 atom stereocenters. The molecule has 0 spiro atoms. The maximum Gasteiger partial charge on any atom is 0.264 e. The van der Waals surface area contributed by atoms with E-state index in [2.05, 4.69) is 31.4 Å². The van der Waals surface area contributed by atoms with Gasteiger partial charge < -0.3 is 4.74 Å². The predicted molar refractivity (Wildman–Crippen MR) is 104 cm³/mol. The first kappa shape index (κ1) is 18.1. The summed E-state index contributed by atoms with van der Waals surface area (Å²) in [7, 11) is 0. The van der Waals surface area contributed by atoms with Crippen LogP contribution in [0, 0.1) is 0 Å². The lowest BCUT2D eigenvalue weighted by molar-refractivity contribution is -0.118. The van der Waals surface area contributed by atoms with Crippen LogP contribution in [-0.4, -0.2) is 22.7 Å². The highest BCUT2D eigenvalue weighted by Crippen LogP contribution is 2.29. The summed E-state index contributed by atoms with van der Waals surface area (Å²) in [6.07, 6.45) is 0. The van der Waals surface area contributed by atoms with Gasteiger partial charge in [0.1, 0.15) is 10.8 Å². The number of rotatable bonds is 5. The van der Waals surface area contributed by atoms with Crippen molar-refractivity contribution in [3.05, 3.63) is 57.0 Å². The molecule has 0 saturated carbocycles. The summed E-state index contributed by atoms with van der Waals surface area (Å²) in [5.41, 5.74) is 0.878. The average molecular weight is 459 g/mol. The van der Waals surface area contributed by atoms with E-state index in [1.807, 2.05) is 12.1 Å². The number of amides is 1. The lowest BCUT2D eigenvalue weighted by Crippen LogP contribution is -2.20. The minimum Gasteiger partial charge on any atom is -0.483 e. The Morgan fingerprint density at radius 1 is 1.12 bits per heavy atom. The first-order chi connectivity index (χ1) is 12.0. The van der Waals surface area contributed by atoms with Gasteiger partial charge in [-0.25, -0.2) is 0 Å². The number of carbonyl (C=O) groups excluding carboxylic acids is 1. The number of benzene rings is 2. The molecule has 0 saturated heterocycles. The second kappa shape index (κ2) is 8.14. The zero-order valence-electron chi connectivity index (χ0n) is 12.5. The molecule has 0 aliphatic carbocycles. The fourth-order valence-electron chi connectivity index (χ4n) is 1.87. The van der Waals surface area contributed by atoms with E-state index in [0.29, 0.717) is 30.4 Å². The van der Waals surface area contributed by atoms with Gasteiger partial charge in [-0.1, -0.05) is 46.7 Å². The quantitative estimate of drug-likeness (QED) is 0.563. The molecular weight excluding hydrogens is 449 g/mol. The van der Waals surface area contributed by atoms with Crippen molar-refractivity contribution in [3.63, 3.8) is 0 Å². The van der Waals surface area contributed by atoms with Gasteiger partial charge in [-0.2, -0.15) is 0 Å². The van der Waals surface area contributed by atoms with Crippen LogP contribution >= 0.6 is 50.5 Å². The standard InChI is InChI=1S/C16H10BrCl2N3O2S/c17-12-7-11(19)5-6-13(12)24-8-14(23)20-16-22-21-15(25-16)9-1-3-10(18)4-2-9/h1-7H,8H2,(H,20,22,23). The van der Waals surface area contributed by atoms with Crippen LogP contribution in [0.25, 0.3) is 10.6 Å². The topological polar surface area (TPSA) is 64.1 Å². The van der Waals surface area contributed by atoms with E-state index in [-0.39, 0.29) is 12.5 Å². The van der Waals surface area contributed by atoms with Gasteiger partial charge in [0.05, 0.1) is 4.47 Å². The number of aromatic nitrogens is 2. The van der Waals surface area contributed by atoms with Gasteiger partial charge in [0.15, 0.2) is 6.61 Å². The highest BCUT2D eigenvalue weighted by Gasteiger charge is 2.11. The van der Waals surface area contributed by atoms with E-state index in [1.54, 1.807) is 30.3 Å². The van der Waals surface area contributed by atoms with Crippen molar-refractivity contribution in [1.29, 1.82) is 0 Å². The van der Waals surface area contributed by atoms with Crippen molar-refractivity contribution in [2.75, 3.05) is 11.9 Å². The molecule has 5 nitrogen and oxygen atoms in total. The molecule has 2 aromatic carbocycles. The summed E-state index contributed by atoms with van der Waals surface area (Å²) in [6.45, 7) is -0.157. The summed E-state index contributed by atoms with van der Waals surface area (Å²) < 4.78 is 6.13. The van der Waals surface area contributed by atoms with Gasteiger partial charge in [0.2, 0.25) is 5.13 Å². The molecule has 128 valence electrons. The lowest BCUT2D eigenvalue weighted by atomic mass is 10.2. The first-order valence-electron chi connectivity index (χ1n) is 6.98. The summed E-state index contributed by atoms with van der Waals surface area (Å²) in [6, 6.07) is 12.3. The van der Waals surface area contributed by atoms with E-state index in [1.165, 1.54) is 11.3 Å². The average Bonchev–Trinajstić information content (AvgIpc) is 3.03. The molecule has 25 heavy (non-hydrogen) atoms. The van der Waals surface area contributed by atoms with Crippen LogP contribution in [0.1, 0.15) is 0 Å². The zero-order chi connectivity index (χ0) is 17.8. The Morgan fingerprint density at radius 3 is 2.56 bits per heavy atom. The second-order valence-corrected chi connectivity index (χ2v) is 7.54. The van der Waals surface area contributed by atoms with Crippen molar-refractivity contribution < 1.29 is 9.53 Å². The van der Waals surface area contributed by atoms with Crippen molar-refractivity contribution in [2.24, 2.45) is 0 Å². The predicted octanol–water partition coefficient (Wildman–Crippen LogP) is 5.29. The van der Waals surface area contributed by atoms with Crippen LogP contribution in [0.2, 0.25) is 10.0 Å². The molecule has 3 rings (SSSR count). The maximum atomic E-state index is 12.0. The largest absolute Gasteiger partial charge is 0.483 e. The molecule has 9 heteroatoms. The van der Waals surface area contributed by atoms with E-state index in [9.17, 15) is 4.79 Å².